The first-order valence-electron chi connectivity index (χ1n) is 4.66. The van der Waals surface area contributed by atoms with Gasteiger partial charge in [-0.1, -0.05) is 0 Å². The number of aromatic nitrogens is 2. The zero-order valence-corrected chi connectivity index (χ0v) is 8.41. The van der Waals surface area contributed by atoms with Crippen molar-refractivity contribution in [1.82, 2.24) is 9.97 Å². The van der Waals surface area contributed by atoms with Crippen LogP contribution in [0.15, 0.2) is 12.3 Å². The average molecular weight is 214 g/mol. The van der Waals surface area contributed by atoms with Crippen LogP contribution >= 0.6 is 11.6 Å². The molecule has 0 aromatic carbocycles. The molecule has 1 aliphatic carbocycles. The summed E-state index contributed by atoms with van der Waals surface area (Å²) in [5.74, 6) is 1.13. The third-order valence-electron chi connectivity index (χ3n) is 2.28. The Balaban J connectivity index is 1.84. The van der Waals surface area contributed by atoms with E-state index < -0.39 is 0 Å². The number of halogens is 1. The van der Waals surface area contributed by atoms with Gasteiger partial charge in [-0.15, -0.1) is 0 Å². The highest BCUT2D eigenvalue weighted by Gasteiger charge is 2.29. The third kappa shape index (κ3) is 2.56. The molecule has 1 fully saturated rings. The lowest BCUT2D eigenvalue weighted by molar-refractivity contribution is 0.164. The fourth-order valence-electron chi connectivity index (χ4n) is 1.29. The van der Waals surface area contributed by atoms with Crippen LogP contribution in [0.5, 0.6) is 0 Å². The van der Waals surface area contributed by atoms with E-state index in [1.165, 1.54) is 0 Å². The van der Waals surface area contributed by atoms with Gasteiger partial charge >= 0.3 is 0 Å². The van der Waals surface area contributed by atoms with Gasteiger partial charge in [0.15, 0.2) is 0 Å². The van der Waals surface area contributed by atoms with Crippen LogP contribution in [0, 0.1) is 5.92 Å². The van der Waals surface area contributed by atoms with Crippen molar-refractivity contribution in [3.63, 3.8) is 0 Å². The highest BCUT2D eigenvalue weighted by molar-refractivity contribution is 6.28. The molecule has 0 radical (unpaired) electrons. The molecule has 1 atom stereocenters. The van der Waals surface area contributed by atoms with Gasteiger partial charge in [0.25, 0.3) is 0 Å². The Kier molecular flexibility index (Phi) is 2.84. The molecule has 0 spiro atoms. The van der Waals surface area contributed by atoms with Gasteiger partial charge in [0, 0.05) is 12.7 Å². The molecule has 2 rings (SSSR count). The molecule has 1 saturated carbocycles. The van der Waals surface area contributed by atoms with Crippen molar-refractivity contribution in [3.8, 4) is 0 Å². The standard InChI is InChI=1S/C9H12ClN3O/c10-9-11-4-3-8(13-9)12-5-7(14)6-1-2-6/h3-4,6-7,14H,1-2,5H2,(H,11,12,13). The van der Waals surface area contributed by atoms with Crippen molar-refractivity contribution in [2.45, 2.75) is 18.9 Å². The molecular weight excluding hydrogens is 202 g/mol. The number of nitrogens with one attached hydrogen (secondary N) is 1. The molecule has 1 aromatic rings. The van der Waals surface area contributed by atoms with E-state index in [9.17, 15) is 5.11 Å². The Morgan fingerprint density at radius 3 is 3.07 bits per heavy atom. The van der Waals surface area contributed by atoms with Crippen molar-refractivity contribution in [3.05, 3.63) is 17.5 Å². The van der Waals surface area contributed by atoms with Gasteiger partial charge in [0.1, 0.15) is 5.82 Å². The van der Waals surface area contributed by atoms with E-state index in [4.69, 9.17) is 11.6 Å². The zero-order valence-electron chi connectivity index (χ0n) is 7.65. The molecule has 14 heavy (non-hydrogen) atoms. The van der Waals surface area contributed by atoms with Crippen LogP contribution in [0.25, 0.3) is 0 Å². The summed E-state index contributed by atoms with van der Waals surface area (Å²) in [6, 6.07) is 1.73. The number of hydrogen-bond acceptors (Lipinski definition) is 4. The molecule has 0 amide bonds. The Labute approximate surface area is 87.3 Å². The summed E-state index contributed by atoms with van der Waals surface area (Å²) in [4.78, 5) is 7.72. The van der Waals surface area contributed by atoms with Crippen molar-refractivity contribution in [2.24, 2.45) is 5.92 Å². The molecule has 0 aliphatic heterocycles. The summed E-state index contributed by atoms with van der Waals surface area (Å²) in [7, 11) is 0. The Hall–Kier alpha value is -0.870. The highest BCUT2D eigenvalue weighted by atomic mass is 35.5. The fourth-order valence-corrected chi connectivity index (χ4v) is 1.44. The van der Waals surface area contributed by atoms with Gasteiger partial charge in [-0.3, -0.25) is 0 Å². The highest BCUT2D eigenvalue weighted by Crippen LogP contribution is 2.32. The van der Waals surface area contributed by atoms with E-state index in [1.807, 2.05) is 0 Å². The largest absolute Gasteiger partial charge is 0.391 e. The van der Waals surface area contributed by atoms with Crippen LogP contribution in [0.2, 0.25) is 5.28 Å². The molecule has 0 saturated heterocycles. The molecule has 1 heterocycles. The second kappa shape index (κ2) is 4.11. The van der Waals surface area contributed by atoms with Crippen LogP contribution in [0.3, 0.4) is 0 Å². The monoisotopic (exact) mass is 213 g/mol. The van der Waals surface area contributed by atoms with Crippen LogP contribution in [-0.4, -0.2) is 27.7 Å². The van der Waals surface area contributed by atoms with E-state index in [0.717, 1.165) is 12.8 Å². The lowest BCUT2D eigenvalue weighted by atomic mass is 10.2. The predicted molar refractivity (Wildman–Crippen MR) is 54.3 cm³/mol. The minimum Gasteiger partial charge on any atom is -0.391 e. The van der Waals surface area contributed by atoms with Crippen molar-refractivity contribution in [2.75, 3.05) is 11.9 Å². The van der Waals surface area contributed by atoms with Crippen molar-refractivity contribution in [1.29, 1.82) is 0 Å². The molecule has 76 valence electrons. The van der Waals surface area contributed by atoms with E-state index in [2.05, 4.69) is 15.3 Å². The summed E-state index contributed by atoms with van der Waals surface area (Å²) in [6.07, 6.45) is 3.57. The SMILES string of the molecule is OC(CNc1ccnc(Cl)n1)C1CC1. The lowest BCUT2D eigenvalue weighted by Crippen LogP contribution is -2.21. The molecule has 4 nitrogen and oxygen atoms in total. The minimum atomic E-state index is -0.274. The molecule has 1 aromatic heterocycles. The van der Waals surface area contributed by atoms with Gasteiger partial charge in [0.05, 0.1) is 6.10 Å². The number of aliphatic hydroxyl groups is 1. The third-order valence-corrected chi connectivity index (χ3v) is 2.47. The summed E-state index contributed by atoms with van der Waals surface area (Å²) in [5, 5.41) is 12.8. The summed E-state index contributed by atoms with van der Waals surface area (Å²) >= 11 is 5.61. The predicted octanol–water partition coefficient (Wildman–Crippen LogP) is 1.31. The maximum atomic E-state index is 9.58. The summed E-state index contributed by atoms with van der Waals surface area (Å²) in [5.41, 5.74) is 0. The van der Waals surface area contributed by atoms with E-state index in [1.54, 1.807) is 12.3 Å². The quantitative estimate of drug-likeness (QED) is 0.741. The molecular formula is C9H12ClN3O. The summed E-state index contributed by atoms with van der Waals surface area (Å²) < 4.78 is 0. The molecule has 1 unspecified atom stereocenters. The topological polar surface area (TPSA) is 58.0 Å². The number of hydrogen-bond donors (Lipinski definition) is 2. The normalized spacial score (nSPS) is 17.9. The van der Waals surface area contributed by atoms with Gasteiger partial charge in [0.2, 0.25) is 5.28 Å². The number of rotatable bonds is 4. The average Bonchev–Trinajstić information content (AvgIpc) is 2.97. The Morgan fingerprint density at radius 2 is 2.43 bits per heavy atom. The van der Waals surface area contributed by atoms with Crippen LogP contribution in [0.4, 0.5) is 5.82 Å². The van der Waals surface area contributed by atoms with E-state index in [0.29, 0.717) is 18.3 Å². The lowest BCUT2D eigenvalue weighted by Gasteiger charge is -2.10. The second-order valence-corrected chi connectivity index (χ2v) is 3.83. The zero-order chi connectivity index (χ0) is 9.97. The Bertz CT molecular complexity index is 317. The van der Waals surface area contributed by atoms with Crippen molar-refractivity contribution < 1.29 is 5.11 Å². The number of nitrogens with zero attached hydrogens (tertiary/aromatic N) is 2. The Morgan fingerprint density at radius 1 is 1.64 bits per heavy atom. The van der Waals surface area contributed by atoms with Gasteiger partial charge in [-0.2, -0.15) is 0 Å². The minimum absolute atomic E-state index is 0.218. The first kappa shape index (κ1) is 9.68. The molecule has 5 heteroatoms. The molecule has 1 aliphatic rings. The smallest absolute Gasteiger partial charge is 0.224 e. The van der Waals surface area contributed by atoms with Gasteiger partial charge < -0.3 is 10.4 Å². The van der Waals surface area contributed by atoms with Gasteiger partial charge in [-0.25, -0.2) is 9.97 Å². The van der Waals surface area contributed by atoms with Crippen LogP contribution < -0.4 is 5.32 Å². The summed E-state index contributed by atoms with van der Waals surface area (Å²) in [6.45, 7) is 0.526. The van der Waals surface area contributed by atoms with Gasteiger partial charge in [-0.05, 0) is 36.4 Å². The van der Waals surface area contributed by atoms with E-state index in [-0.39, 0.29) is 11.4 Å². The molecule has 0 bridgehead atoms. The first-order valence-corrected chi connectivity index (χ1v) is 5.04. The maximum Gasteiger partial charge on any atom is 0.224 e. The number of aliphatic hydroxyl groups excluding tert-OH is 1. The number of anilines is 1. The van der Waals surface area contributed by atoms with Crippen molar-refractivity contribution >= 4 is 17.4 Å². The maximum absolute atomic E-state index is 9.58. The van der Waals surface area contributed by atoms with Crippen LogP contribution in [0.1, 0.15) is 12.8 Å². The van der Waals surface area contributed by atoms with Crippen LogP contribution in [-0.2, 0) is 0 Å². The fraction of sp³-hybridized carbons (Fsp3) is 0.556. The van der Waals surface area contributed by atoms with E-state index >= 15 is 0 Å². The first-order chi connectivity index (χ1) is 6.75. The molecule has 2 N–H and O–H groups in total. The second-order valence-electron chi connectivity index (χ2n) is 3.50.